The number of hydrogen-bond acceptors (Lipinski definition) is 5. The first-order valence-electron chi connectivity index (χ1n) is 12.9. The van der Waals surface area contributed by atoms with E-state index in [1.807, 2.05) is 30.3 Å². The van der Waals surface area contributed by atoms with Gasteiger partial charge in [0.05, 0.1) is 23.3 Å². The number of halogens is 1. The Morgan fingerprint density at radius 2 is 1.78 bits per heavy atom. The number of nitrogens with zero attached hydrogens (tertiary/aromatic N) is 2. The second-order valence-electron chi connectivity index (χ2n) is 9.90. The predicted molar refractivity (Wildman–Crippen MR) is 156 cm³/mol. The van der Waals surface area contributed by atoms with Gasteiger partial charge in [-0.15, -0.1) is 0 Å². The fourth-order valence-electron chi connectivity index (χ4n) is 4.71. The van der Waals surface area contributed by atoms with Crippen LogP contribution in [0.15, 0.2) is 85.1 Å². The van der Waals surface area contributed by atoms with Gasteiger partial charge < -0.3 is 25.4 Å². The van der Waals surface area contributed by atoms with Gasteiger partial charge in [-0.3, -0.25) is 9.78 Å². The molecule has 5 rings (SSSR count). The number of benzene rings is 3. The molecule has 208 valence electrons. The quantitative estimate of drug-likeness (QED) is 0.212. The molecule has 41 heavy (non-hydrogen) atoms. The highest BCUT2D eigenvalue weighted by molar-refractivity contribution is 6.30. The number of rotatable bonds is 8. The summed E-state index contributed by atoms with van der Waals surface area (Å²) in [4.78, 5) is 43.5. The molecule has 1 aliphatic rings. The summed E-state index contributed by atoms with van der Waals surface area (Å²) in [5.41, 5.74) is 3.43. The largest absolute Gasteiger partial charge is 0.480 e. The maximum Gasteiger partial charge on any atom is 0.326 e. The third-order valence-electron chi connectivity index (χ3n) is 6.64. The van der Waals surface area contributed by atoms with E-state index in [0.29, 0.717) is 44.7 Å². The lowest BCUT2D eigenvalue weighted by atomic mass is 10.0. The fourth-order valence-corrected chi connectivity index (χ4v) is 4.87. The van der Waals surface area contributed by atoms with E-state index in [1.54, 1.807) is 62.4 Å². The molecular formula is C31H27ClN4O5. The van der Waals surface area contributed by atoms with Crippen molar-refractivity contribution in [1.82, 2.24) is 9.88 Å². The number of aromatic nitrogens is 1. The Morgan fingerprint density at radius 1 is 1.00 bits per heavy atom. The number of hydrogen-bond donors (Lipinski definition) is 3. The first kappa shape index (κ1) is 27.7. The van der Waals surface area contributed by atoms with Crippen molar-refractivity contribution in [3.05, 3.63) is 101 Å². The average molecular weight is 571 g/mol. The summed E-state index contributed by atoms with van der Waals surface area (Å²) in [5.74, 6) is -0.575. The van der Waals surface area contributed by atoms with Crippen LogP contribution in [0.3, 0.4) is 0 Å². The SMILES string of the molecule is CC(C)[C@@H](C(=O)O)N1Cc2ccc(-c3ccc(NC(=O)Nc4ccc(Cl)cc4Oc4ccccc4)cn3)cc2C1=O. The molecule has 3 aromatic carbocycles. The summed E-state index contributed by atoms with van der Waals surface area (Å²) in [6, 6.07) is 21.5. The summed E-state index contributed by atoms with van der Waals surface area (Å²) < 4.78 is 5.89. The van der Waals surface area contributed by atoms with Crippen LogP contribution in [0.2, 0.25) is 5.02 Å². The van der Waals surface area contributed by atoms with E-state index in [0.717, 1.165) is 5.56 Å². The van der Waals surface area contributed by atoms with Gasteiger partial charge in [-0.25, -0.2) is 9.59 Å². The molecule has 3 N–H and O–H groups in total. The van der Waals surface area contributed by atoms with Crippen molar-refractivity contribution in [2.24, 2.45) is 5.92 Å². The van der Waals surface area contributed by atoms with Gasteiger partial charge in [0.15, 0.2) is 5.75 Å². The second-order valence-corrected chi connectivity index (χ2v) is 10.3. The lowest BCUT2D eigenvalue weighted by Gasteiger charge is -2.27. The summed E-state index contributed by atoms with van der Waals surface area (Å²) in [6.07, 6.45) is 1.51. The van der Waals surface area contributed by atoms with Gasteiger partial charge in [-0.2, -0.15) is 0 Å². The predicted octanol–water partition coefficient (Wildman–Crippen LogP) is 6.90. The third-order valence-corrected chi connectivity index (χ3v) is 6.88. The van der Waals surface area contributed by atoms with Crippen molar-refractivity contribution >= 4 is 40.9 Å². The number of nitrogens with one attached hydrogen (secondary N) is 2. The van der Waals surface area contributed by atoms with E-state index in [1.165, 1.54) is 11.1 Å². The number of fused-ring (bicyclic) bond motifs is 1. The van der Waals surface area contributed by atoms with Gasteiger partial charge in [-0.1, -0.05) is 55.8 Å². The second kappa shape index (κ2) is 11.7. The third kappa shape index (κ3) is 6.15. The number of ether oxygens (including phenoxy) is 1. The first-order valence-corrected chi connectivity index (χ1v) is 13.3. The Labute approximate surface area is 241 Å². The zero-order valence-corrected chi connectivity index (χ0v) is 23.1. The lowest BCUT2D eigenvalue weighted by molar-refractivity contribution is -0.144. The van der Waals surface area contributed by atoms with E-state index in [9.17, 15) is 19.5 Å². The first-order chi connectivity index (χ1) is 19.7. The molecule has 1 atom stereocenters. The Morgan fingerprint density at radius 3 is 2.46 bits per heavy atom. The van der Waals surface area contributed by atoms with Crippen LogP contribution in [0.4, 0.5) is 16.2 Å². The molecule has 9 nitrogen and oxygen atoms in total. The molecule has 1 aliphatic heterocycles. The summed E-state index contributed by atoms with van der Waals surface area (Å²) in [7, 11) is 0. The molecule has 0 aliphatic carbocycles. The van der Waals surface area contributed by atoms with E-state index in [-0.39, 0.29) is 18.4 Å². The standard InChI is InChI=1S/C31H27ClN4O5/c1-18(2)28(30(38)39)36-17-20-9-8-19(14-24(20)29(36)37)25-13-11-22(16-33-25)34-31(40)35-26-12-10-21(32)15-27(26)41-23-6-4-3-5-7-23/h3-16,18,28H,17H2,1-2H3,(H,38,39)(H2,34,35,40)/t28-/m0/s1. The Kier molecular flexibility index (Phi) is 7.89. The van der Waals surface area contributed by atoms with Crippen LogP contribution < -0.4 is 15.4 Å². The van der Waals surface area contributed by atoms with Gasteiger partial charge in [-0.05, 0) is 53.9 Å². The van der Waals surface area contributed by atoms with Crippen molar-refractivity contribution in [3.63, 3.8) is 0 Å². The number of carboxylic acid groups (broad SMARTS) is 1. The molecular weight excluding hydrogens is 544 g/mol. The van der Waals surface area contributed by atoms with Crippen LogP contribution in [0.1, 0.15) is 29.8 Å². The monoisotopic (exact) mass is 570 g/mol. The minimum Gasteiger partial charge on any atom is -0.480 e. The van der Waals surface area contributed by atoms with Crippen molar-refractivity contribution in [3.8, 4) is 22.8 Å². The minimum absolute atomic E-state index is 0.230. The van der Waals surface area contributed by atoms with Crippen LogP contribution in [-0.2, 0) is 11.3 Å². The van der Waals surface area contributed by atoms with E-state index >= 15 is 0 Å². The van der Waals surface area contributed by atoms with Gasteiger partial charge >= 0.3 is 12.0 Å². The average Bonchev–Trinajstić information content (AvgIpc) is 3.25. The van der Waals surface area contributed by atoms with Crippen LogP contribution in [-0.4, -0.2) is 38.9 Å². The molecule has 3 amide bonds. The minimum atomic E-state index is -1.02. The normalized spacial score (nSPS) is 13.1. The summed E-state index contributed by atoms with van der Waals surface area (Å²) in [6.45, 7) is 3.82. The number of amides is 3. The smallest absolute Gasteiger partial charge is 0.326 e. The molecule has 0 spiro atoms. The lowest BCUT2D eigenvalue weighted by Crippen LogP contribution is -2.44. The number of urea groups is 1. The number of anilines is 2. The fraction of sp³-hybridized carbons (Fsp3) is 0.161. The van der Waals surface area contributed by atoms with Crippen molar-refractivity contribution < 1.29 is 24.2 Å². The molecule has 2 heterocycles. The Bertz CT molecular complexity index is 1610. The van der Waals surface area contributed by atoms with E-state index < -0.39 is 18.0 Å². The number of carbonyl (C=O) groups excluding carboxylic acids is 2. The van der Waals surface area contributed by atoms with E-state index in [2.05, 4.69) is 15.6 Å². The number of carboxylic acids is 1. The zero-order chi connectivity index (χ0) is 29.1. The Balaban J connectivity index is 1.27. The van der Waals surface area contributed by atoms with E-state index in [4.69, 9.17) is 16.3 Å². The van der Waals surface area contributed by atoms with Crippen LogP contribution in [0.25, 0.3) is 11.3 Å². The van der Waals surface area contributed by atoms with Crippen LogP contribution in [0, 0.1) is 5.92 Å². The molecule has 0 fully saturated rings. The van der Waals surface area contributed by atoms with Gasteiger partial charge in [0, 0.05) is 28.8 Å². The number of carbonyl (C=O) groups is 3. The Hall–Kier alpha value is -4.89. The number of pyridine rings is 1. The highest BCUT2D eigenvalue weighted by Gasteiger charge is 2.38. The van der Waals surface area contributed by atoms with Crippen LogP contribution >= 0.6 is 11.6 Å². The van der Waals surface area contributed by atoms with Gasteiger partial charge in [0.1, 0.15) is 11.8 Å². The van der Waals surface area contributed by atoms with Crippen molar-refractivity contribution in [2.75, 3.05) is 10.6 Å². The molecule has 0 radical (unpaired) electrons. The van der Waals surface area contributed by atoms with Crippen molar-refractivity contribution in [1.29, 1.82) is 0 Å². The van der Waals surface area contributed by atoms with Gasteiger partial charge in [0.25, 0.3) is 5.91 Å². The highest BCUT2D eigenvalue weighted by Crippen LogP contribution is 2.33. The molecule has 0 bridgehead atoms. The number of aliphatic carboxylic acids is 1. The molecule has 0 saturated heterocycles. The number of para-hydroxylation sites is 1. The molecule has 0 unspecified atom stereocenters. The zero-order valence-electron chi connectivity index (χ0n) is 22.3. The maximum absolute atomic E-state index is 13.1. The topological polar surface area (TPSA) is 121 Å². The maximum atomic E-state index is 13.1. The molecule has 4 aromatic rings. The molecule has 0 saturated carbocycles. The highest BCUT2D eigenvalue weighted by atomic mass is 35.5. The van der Waals surface area contributed by atoms with Gasteiger partial charge in [0.2, 0.25) is 0 Å². The summed E-state index contributed by atoms with van der Waals surface area (Å²) in [5, 5.41) is 15.6. The van der Waals surface area contributed by atoms with Crippen molar-refractivity contribution in [2.45, 2.75) is 26.4 Å². The molecule has 1 aromatic heterocycles. The summed E-state index contributed by atoms with van der Waals surface area (Å²) >= 11 is 6.14. The molecule has 10 heteroatoms. The van der Waals surface area contributed by atoms with Crippen LogP contribution in [0.5, 0.6) is 11.5 Å².